The van der Waals surface area contributed by atoms with Gasteiger partial charge in [0.25, 0.3) is 5.97 Å². The zero-order valence-corrected chi connectivity index (χ0v) is 9.84. The van der Waals surface area contributed by atoms with Crippen LogP contribution in [0.5, 0.6) is 11.8 Å². The van der Waals surface area contributed by atoms with Gasteiger partial charge in [0.15, 0.2) is 11.8 Å². The van der Waals surface area contributed by atoms with Crippen molar-refractivity contribution in [3.05, 3.63) is 11.1 Å². The summed E-state index contributed by atoms with van der Waals surface area (Å²) in [5, 5.41) is 19.5. The molecule has 0 radical (unpaired) electrons. The lowest BCUT2D eigenvalue weighted by atomic mass is 9.90. The van der Waals surface area contributed by atoms with E-state index in [0.29, 0.717) is 11.1 Å². The van der Waals surface area contributed by atoms with E-state index < -0.39 is 18.2 Å². The second-order valence-electron chi connectivity index (χ2n) is 4.86. The summed E-state index contributed by atoms with van der Waals surface area (Å²) in [6.45, 7) is 1.68. The Hall–Kier alpha value is -1.28. The monoisotopic (exact) mass is 255 g/mol. The Kier molecular flexibility index (Phi) is 1.77. The number of hydrogen-bond acceptors (Lipinski definition) is 6. The molecule has 98 valence electrons. The maximum Gasteiger partial charge on any atom is 0.280 e. The van der Waals surface area contributed by atoms with Gasteiger partial charge in [0, 0.05) is 14.0 Å². The minimum atomic E-state index is -1.10. The molecule has 0 amide bonds. The second-order valence-corrected chi connectivity index (χ2v) is 4.86. The molecule has 2 fully saturated rings. The summed E-state index contributed by atoms with van der Waals surface area (Å²) in [5.74, 6) is -1.26. The molecule has 0 spiro atoms. The number of ether oxygens (including phenoxy) is 4. The van der Waals surface area contributed by atoms with Crippen LogP contribution in [0.15, 0.2) is 0 Å². The number of aromatic hydroxyl groups is 2. The van der Waals surface area contributed by atoms with E-state index in [1.165, 1.54) is 7.11 Å². The molecule has 3 unspecified atom stereocenters. The van der Waals surface area contributed by atoms with Gasteiger partial charge in [-0.25, -0.2) is 0 Å². The molecule has 18 heavy (non-hydrogen) atoms. The van der Waals surface area contributed by atoms with E-state index in [2.05, 4.69) is 4.98 Å². The van der Waals surface area contributed by atoms with Crippen molar-refractivity contribution in [2.24, 2.45) is 0 Å². The SMILES string of the molecule is COC1(C)OC2C3O[C@@H](c4c(O)[nH]c(O)c43)[C@H]2O1. The van der Waals surface area contributed by atoms with E-state index in [1.807, 2.05) is 0 Å². The van der Waals surface area contributed by atoms with Crippen LogP contribution in [-0.2, 0) is 18.9 Å². The van der Waals surface area contributed by atoms with E-state index in [9.17, 15) is 10.2 Å². The van der Waals surface area contributed by atoms with E-state index in [4.69, 9.17) is 18.9 Å². The molecule has 4 rings (SSSR count). The average molecular weight is 255 g/mol. The van der Waals surface area contributed by atoms with Gasteiger partial charge in [-0.15, -0.1) is 0 Å². The van der Waals surface area contributed by atoms with Crippen molar-refractivity contribution in [2.45, 2.75) is 37.3 Å². The quantitative estimate of drug-likeness (QED) is 0.682. The number of aromatic amines is 1. The molecule has 2 saturated heterocycles. The van der Waals surface area contributed by atoms with Crippen LogP contribution in [0, 0.1) is 0 Å². The highest BCUT2D eigenvalue weighted by Crippen LogP contribution is 2.61. The van der Waals surface area contributed by atoms with Crippen molar-refractivity contribution in [1.82, 2.24) is 4.98 Å². The number of H-pyrrole nitrogens is 1. The maximum absolute atomic E-state index is 9.76. The molecule has 4 heterocycles. The lowest BCUT2D eigenvalue weighted by Gasteiger charge is -2.23. The van der Waals surface area contributed by atoms with E-state index in [-0.39, 0.29) is 24.0 Å². The molecule has 7 nitrogen and oxygen atoms in total. The standard InChI is InChI=1S/C11H13NO6/c1-11(15-2)17-7-5-3-4(10(14)12-9(3)13)6(16-5)8(7)18-11/h5-8,12-14H,1-2H3/t5-,6?,7+,8?,11?/m0/s1. The van der Waals surface area contributed by atoms with Crippen LogP contribution in [0.1, 0.15) is 30.3 Å². The number of methoxy groups -OCH3 is 1. The second kappa shape index (κ2) is 3.00. The highest BCUT2D eigenvalue weighted by atomic mass is 16.9. The fraction of sp³-hybridized carbons (Fsp3) is 0.636. The number of aromatic nitrogens is 1. The first-order chi connectivity index (χ1) is 8.54. The third-order valence-electron chi connectivity index (χ3n) is 3.89. The maximum atomic E-state index is 9.76. The number of nitrogens with one attached hydrogen (secondary N) is 1. The van der Waals surface area contributed by atoms with Gasteiger partial charge in [-0.2, -0.15) is 0 Å². The van der Waals surface area contributed by atoms with Gasteiger partial charge in [-0.1, -0.05) is 0 Å². The van der Waals surface area contributed by atoms with Crippen LogP contribution >= 0.6 is 0 Å². The van der Waals surface area contributed by atoms with Crippen LogP contribution in [0.4, 0.5) is 0 Å². The lowest BCUT2D eigenvalue weighted by Crippen LogP contribution is -2.30. The predicted octanol–water partition coefficient (Wildman–Crippen LogP) is 0.656. The summed E-state index contributed by atoms with van der Waals surface area (Å²) < 4.78 is 22.3. The summed E-state index contributed by atoms with van der Waals surface area (Å²) >= 11 is 0. The molecule has 3 aliphatic heterocycles. The molecule has 7 heteroatoms. The van der Waals surface area contributed by atoms with Crippen LogP contribution in [0.25, 0.3) is 0 Å². The fourth-order valence-electron chi connectivity index (χ4n) is 3.08. The summed E-state index contributed by atoms with van der Waals surface area (Å²) in [6, 6.07) is 0. The van der Waals surface area contributed by atoms with Crippen molar-refractivity contribution >= 4 is 0 Å². The molecule has 2 bridgehead atoms. The zero-order valence-electron chi connectivity index (χ0n) is 9.84. The van der Waals surface area contributed by atoms with E-state index in [0.717, 1.165) is 0 Å². The Morgan fingerprint density at radius 2 is 1.61 bits per heavy atom. The molecule has 5 atom stereocenters. The van der Waals surface area contributed by atoms with Gasteiger partial charge in [0.2, 0.25) is 0 Å². The zero-order chi connectivity index (χ0) is 12.7. The van der Waals surface area contributed by atoms with Crippen molar-refractivity contribution in [2.75, 3.05) is 7.11 Å². The molecule has 1 aromatic rings. The van der Waals surface area contributed by atoms with Crippen molar-refractivity contribution in [3.63, 3.8) is 0 Å². The highest BCUT2D eigenvalue weighted by Gasteiger charge is 2.64. The molecular formula is C11H13NO6. The fourth-order valence-corrected chi connectivity index (χ4v) is 3.08. The van der Waals surface area contributed by atoms with Gasteiger partial charge >= 0.3 is 0 Å². The Morgan fingerprint density at radius 3 is 2.06 bits per heavy atom. The first-order valence-corrected chi connectivity index (χ1v) is 5.74. The van der Waals surface area contributed by atoms with Gasteiger partial charge in [0.1, 0.15) is 24.4 Å². The average Bonchev–Trinajstić information content (AvgIpc) is 2.99. The Labute approximate surface area is 102 Å². The minimum Gasteiger partial charge on any atom is -0.494 e. The van der Waals surface area contributed by atoms with Crippen LogP contribution in [-0.4, -0.2) is 40.5 Å². The number of hydrogen-bond donors (Lipinski definition) is 3. The highest BCUT2D eigenvalue weighted by molar-refractivity contribution is 5.52. The molecule has 0 saturated carbocycles. The molecule has 3 N–H and O–H groups in total. The predicted molar refractivity (Wildman–Crippen MR) is 55.8 cm³/mol. The third kappa shape index (κ3) is 1.04. The van der Waals surface area contributed by atoms with Gasteiger partial charge in [-0.3, -0.25) is 4.98 Å². The smallest absolute Gasteiger partial charge is 0.280 e. The van der Waals surface area contributed by atoms with Gasteiger partial charge < -0.3 is 29.2 Å². The number of rotatable bonds is 1. The third-order valence-corrected chi connectivity index (χ3v) is 3.89. The largest absolute Gasteiger partial charge is 0.494 e. The topological polar surface area (TPSA) is 93.2 Å². The Morgan fingerprint density at radius 1 is 1.11 bits per heavy atom. The number of fused-ring (bicyclic) bond motifs is 8. The van der Waals surface area contributed by atoms with E-state index in [1.54, 1.807) is 6.92 Å². The molecule has 0 aliphatic carbocycles. The summed E-state index contributed by atoms with van der Waals surface area (Å²) in [6.07, 6.45) is -1.56. The van der Waals surface area contributed by atoms with Gasteiger partial charge in [0.05, 0.1) is 11.1 Å². The summed E-state index contributed by atoms with van der Waals surface area (Å²) in [7, 11) is 1.50. The Bertz CT molecular complexity index is 487. The Balaban J connectivity index is 1.78. The molecular weight excluding hydrogens is 242 g/mol. The summed E-state index contributed by atoms with van der Waals surface area (Å²) in [5.41, 5.74) is 1.12. The van der Waals surface area contributed by atoms with Crippen LogP contribution in [0.3, 0.4) is 0 Å². The normalized spacial score (nSPS) is 44.3. The first-order valence-electron chi connectivity index (χ1n) is 5.74. The van der Waals surface area contributed by atoms with E-state index >= 15 is 0 Å². The summed E-state index contributed by atoms with van der Waals surface area (Å²) in [4.78, 5) is 2.49. The van der Waals surface area contributed by atoms with Crippen molar-refractivity contribution in [1.29, 1.82) is 0 Å². The molecule has 0 aromatic carbocycles. The van der Waals surface area contributed by atoms with Crippen LogP contribution < -0.4 is 0 Å². The minimum absolute atomic E-state index is 0.0805. The van der Waals surface area contributed by atoms with Crippen LogP contribution in [0.2, 0.25) is 0 Å². The lowest BCUT2D eigenvalue weighted by molar-refractivity contribution is -0.331. The van der Waals surface area contributed by atoms with Crippen molar-refractivity contribution < 1.29 is 29.2 Å². The molecule has 1 aromatic heterocycles. The van der Waals surface area contributed by atoms with Crippen molar-refractivity contribution in [3.8, 4) is 11.8 Å². The van der Waals surface area contributed by atoms with Gasteiger partial charge in [-0.05, 0) is 0 Å². The molecule has 3 aliphatic rings. The first kappa shape index (κ1) is 10.6.